The number of anilines is 4. The first-order chi connectivity index (χ1) is 23.7. The van der Waals surface area contributed by atoms with Gasteiger partial charge < -0.3 is 31.8 Å². The molecule has 0 aliphatic heterocycles. The normalized spacial score (nSPS) is 16.9. The van der Waals surface area contributed by atoms with Crippen LogP contribution in [0.5, 0.6) is 5.75 Å². The van der Waals surface area contributed by atoms with E-state index in [1.165, 1.54) is 44.1 Å². The van der Waals surface area contributed by atoms with E-state index in [4.69, 9.17) is 16.5 Å². The summed E-state index contributed by atoms with van der Waals surface area (Å²) in [5, 5.41) is 15.0. The molecule has 0 spiro atoms. The van der Waals surface area contributed by atoms with Crippen LogP contribution in [0.3, 0.4) is 0 Å². The van der Waals surface area contributed by atoms with Crippen LogP contribution in [0, 0.1) is 26.0 Å². The molecule has 6 rings (SSSR count). The van der Waals surface area contributed by atoms with Gasteiger partial charge in [-0.15, -0.1) is 0 Å². The predicted octanol–water partition coefficient (Wildman–Crippen LogP) is 6.81. The number of aromatic nitrogens is 6. The Bertz CT molecular complexity index is 1680. The molecule has 16 heteroatoms. The van der Waals surface area contributed by atoms with Crippen molar-refractivity contribution < 1.29 is 18.5 Å². The van der Waals surface area contributed by atoms with E-state index in [1.807, 2.05) is 0 Å². The fourth-order valence-electron chi connectivity index (χ4n) is 5.77. The monoisotopic (exact) mass is 801 g/mol. The molecule has 0 aromatic carbocycles. The third-order valence-corrected chi connectivity index (χ3v) is 9.70. The minimum Gasteiger partial charge on any atom is -0.535 e. The quantitative estimate of drug-likeness (QED) is 0.0974. The fourth-order valence-corrected chi connectivity index (χ4v) is 6.18. The second-order valence-electron chi connectivity index (χ2n) is 14.0. The minimum absolute atomic E-state index is 0.0440. The van der Waals surface area contributed by atoms with Crippen LogP contribution in [0.15, 0.2) is 49.3 Å². The third-order valence-electron chi connectivity index (χ3n) is 8.91. The summed E-state index contributed by atoms with van der Waals surface area (Å²) in [6.45, 7) is 9.28. The number of nitrogens with one attached hydrogen (secondary N) is 2. The first-order valence-corrected chi connectivity index (χ1v) is 17.6. The van der Waals surface area contributed by atoms with E-state index in [0.717, 1.165) is 41.3 Å². The maximum Gasteiger partial charge on any atom is 0.569 e. The van der Waals surface area contributed by atoms with Gasteiger partial charge in [0.15, 0.2) is 5.82 Å². The summed E-state index contributed by atoms with van der Waals surface area (Å²) in [6, 6.07) is 3.77. The first-order valence-electron chi connectivity index (χ1n) is 16.5. The summed E-state index contributed by atoms with van der Waals surface area (Å²) in [7, 11) is 0.415. The average molecular weight is 802 g/mol. The predicted molar refractivity (Wildman–Crippen MR) is 201 cm³/mol. The van der Waals surface area contributed by atoms with Crippen LogP contribution in [0.2, 0.25) is 0 Å². The van der Waals surface area contributed by atoms with Gasteiger partial charge in [0, 0.05) is 48.0 Å². The van der Waals surface area contributed by atoms with E-state index in [-0.39, 0.29) is 11.7 Å². The van der Waals surface area contributed by atoms with Crippen molar-refractivity contribution in [3.05, 3.63) is 64.5 Å². The fraction of sp³-hybridized carbons (Fsp3) is 0.471. The molecule has 2 fully saturated rings. The number of nitrogens with zero attached hydrogens (tertiary/aromatic N) is 6. The van der Waals surface area contributed by atoms with Crippen LogP contribution in [0.1, 0.15) is 79.1 Å². The molecular formula is C34H45BF2IN10O2. The van der Waals surface area contributed by atoms with Crippen LogP contribution >= 0.6 is 22.6 Å². The minimum atomic E-state index is -0.604. The lowest BCUT2D eigenvalue weighted by molar-refractivity contribution is 0.232. The molecule has 4 aromatic heterocycles. The van der Waals surface area contributed by atoms with E-state index < -0.39 is 11.6 Å². The molecule has 1 radical (unpaired) electrons. The standard InChI is InChI=1S/C17H22FN5.C12H19IN4.C5H4BFNO2/c1-17(2)6-3-11(4-7-17)22-15-13(9-21-16(19)23-15)12-5-8-20-10-14(12)18;1-12(2)5-3-8(4-6-12)16-10-9(13)7-15-11(14)17-10;7-4-3-8-2-1-5(4)10-6-9/h5,8-11H,3-4,6-7H2,1-2H3,(H3,19,21,22,23);7-8H,3-6H2,1-2H3,(H3,14,15,16,17);1-3,9H. The highest BCUT2D eigenvalue weighted by molar-refractivity contribution is 14.1. The molecule has 0 atom stereocenters. The number of hydrogen-bond acceptors (Lipinski definition) is 12. The van der Waals surface area contributed by atoms with E-state index >= 15 is 0 Å². The largest absolute Gasteiger partial charge is 0.569 e. The molecular weight excluding hydrogens is 756 g/mol. The van der Waals surface area contributed by atoms with Gasteiger partial charge in [-0.3, -0.25) is 9.97 Å². The van der Waals surface area contributed by atoms with E-state index in [9.17, 15) is 8.78 Å². The lowest BCUT2D eigenvalue weighted by Gasteiger charge is -2.35. The zero-order chi connectivity index (χ0) is 36.3. The Morgan fingerprint density at radius 1 is 0.760 bits per heavy atom. The highest BCUT2D eigenvalue weighted by atomic mass is 127. The Kier molecular flexibility index (Phi) is 13.9. The van der Waals surface area contributed by atoms with Gasteiger partial charge in [0.1, 0.15) is 23.2 Å². The molecule has 4 aromatic rings. The highest BCUT2D eigenvalue weighted by Crippen LogP contribution is 2.38. The number of halogens is 3. The zero-order valence-electron chi connectivity index (χ0n) is 28.8. The van der Waals surface area contributed by atoms with Crippen LogP contribution in [0.25, 0.3) is 11.1 Å². The maximum atomic E-state index is 14.1. The lowest BCUT2D eigenvalue weighted by Crippen LogP contribution is -2.30. The molecule has 0 amide bonds. The SMILES string of the molecule is CC1(C)CCC(Nc2nc(N)ncc2-c2ccncc2F)CC1.CC1(C)CCC(Nc2nc(N)ncc2I)CC1.O[B]Oc1ccncc1F. The molecule has 0 bridgehead atoms. The third kappa shape index (κ3) is 11.8. The molecule has 12 nitrogen and oxygen atoms in total. The summed E-state index contributed by atoms with van der Waals surface area (Å²) in [4.78, 5) is 23.8. The van der Waals surface area contributed by atoms with Gasteiger partial charge in [-0.05, 0) is 96.9 Å². The Labute approximate surface area is 306 Å². The molecule has 2 aliphatic carbocycles. The second-order valence-corrected chi connectivity index (χ2v) is 15.1. The van der Waals surface area contributed by atoms with Crippen LogP contribution in [-0.2, 0) is 0 Å². The Hall–Kier alpha value is -3.93. The smallest absolute Gasteiger partial charge is 0.535 e. The number of pyridine rings is 2. The molecule has 7 N–H and O–H groups in total. The van der Waals surface area contributed by atoms with Crippen molar-refractivity contribution in [3.63, 3.8) is 0 Å². The Morgan fingerprint density at radius 3 is 1.80 bits per heavy atom. The van der Waals surface area contributed by atoms with Gasteiger partial charge in [-0.1, -0.05) is 27.7 Å². The Balaban J connectivity index is 0.000000182. The van der Waals surface area contributed by atoms with Crippen molar-refractivity contribution in [2.45, 2.75) is 91.1 Å². The lowest BCUT2D eigenvalue weighted by atomic mass is 9.75. The molecule has 0 saturated heterocycles. The number of nitrogens with two attached hydrogens (primary N) is 2. The van der Waals surface area contributed by atoms with Gasteiger partial charge in [-0.25, -0.2) is 18.7 Å². The number of hydrogen-bond donors (Lipinski definition) is 5. The molecule has 2 saturated carbocycles. The topological polar surface area (TPSA) is 183 Å². The molecule has 4 heterocycles. The maximum absolute atomic E-state index is 14.1. The van der Waals surface area contributed by atoms with Crippen LogP contribution < -0.4 is 26.8 Å². The van der Waals surface area contributed by atoms with Crippen molar-refractivity contribution in [2.75, 3.05) is 22.1 Å². The molecule has 267 valence electrons. The average Bonchev–Trinajstić information content (AvgIpc) is 3.07. The Morgan fingerprint density at radius 2 is 1.26 bits per heavy atom. The zero-order valence-corrected chi connectivity index (χ0v) is 31.0. The molecule has 50 heavy (non-hydrogen) atoms. The van der Waals surface area contributed by atoms with E-state index in [0.29, 0.717) is 53.5 Å². The van der Waals surface area contributed by atoms with Crippen molar-refractivity contribution in [1.82, 2.24) is 29.9 Å². The summed E-state index contributed by atoms with van der Waals surface area (Å²) >= 11 is 2.24. The summed E-state index contributed by atoms with van der Waals surface area (Å²) in [6.07, 6.45) is 17.8. The van der Waals surface area contributed by atoms with Crippen molar-refractivity contribution in [3.8, 4) is 16.9 Å². The van der Waals surface area contributed by atoms with Crippen molar-refractivity contribution in [1.29, 1.82) is 0 Å². The second kappa shape index (κ2) is 17.8. The molecule has 0 unspecified atom stereocenters. The van der Waals surface area contributed by atoms with Crippen molar-refractivity contribution >= 4 is 53.8 Å². The number of nitrogen functional groups attached to an aromatic ring is 2. The van der Waals surface area contributed by atoms with Gasteiger partial charge in [0.25, 0.3) is 0 Å². The van der Waals surface area contributed by atoms with Gasteiger partial charge in [0.2, 0.25) is 11.9 Å². The first kappa shape index (κ1) is 38.9. The van der Waals surface area contributed by atoms with E-state index in [2.05, 4.69) is 95.5 Å². The van der Waals surface area contributed by atoms with Crippen molar-refractivity contribution in [2.24, 2.45) is 10.8 Å². The number of rotatable bonds is 7. The summed E-state index contributed by atoms with van der Waals surface area (Å²) < 4.78 is 31.9. The summed E-state index contributed by atoms with van der Waals surface area (Å²) in [5.74, 6) is 0.944. The summed E-state index contributed by atoms with van der Waals surface area (Å²) in [5.41, 5.74) is 13.3. The van der Waals surface area contributed by atoms with E-state index in [1.54, 1.807) is 24.7 Å². The van der Waals surface area contributed by atoms with Gasteiger partial charge in [0.05, 0.1) is 16.0 Å². The highest BCUT2D eigenvalue weighted by Gasteiger charge is 2.28. The van der Waals surface area contributed by atoms with Gasteiger partial charge >= 0.3 is 7.69 Å². The van der Waals surface area contributed by atoms with Gasteiger partial charge in [-0.2, -0.15) is 9.97 Å². The molecule has 2 aliphatic rings. The van der Waals surface area contributed by atoms with Crippen LogP contribution in [-0.4, -0.2) is 54.7 Å². The van der Waals surface area contributed by atoms with Crippen LogP contribution in [0.4, 0.5) is 32.3 Å².